The van der Waals surface area contributed by atoms with E-state index < -0.39 is 0 Å². The van der Waals surface area contributed by atoms with Crippen LogP contribution in [0.2, 0.25) is 4.47 Å². The van der Waals surface area contributed by atoms with Crippen LogP contribution in [0.5, 0.6) is 0 Å². The number of hydrogen-bond acceptors (Lipinski definition) is 4. The minimum Gasteiger partial charge on any atom is -0.459 e. The third-order valence-electron chi connectivity index (χ3n) is 1.33. The van der Waals surface area contributed by atoms with Crippen LogP contribution in [-0.4, -0.2) is 17.1 Å². The van der Waals surface area contributed by atoms with Crippen molar-refractivity contribution < 1.29 is 9.53 Å². The molecule has 0 aliphatic rings. The van der Waals surface area contributed by atoms with E-state index in [1.54, 1.807) is 13.8 Å². The molecule has 6 heteroatoms. The summed E-state index contributed by atoms with van der Waals surface area (Å²) in [6, 6.07) is 0. The second-order valence-electron chi connectivity index (χ2n) is 2.83. The molecule has 0 saturated carbocycles. The molecule has 78 valence electrons. The Morgan fingerprint density at radius 2 is 2.36 bits per heavy atom. The Morgan fingerprint density at radius 1 is 1.71 bits per heavy atom. The summed E-state index contributed by atoms with van der Waals surface area (Å²) in [5.41, 5.74) is 0.630. The first-order valence-electron chi connectivity index (χ1n) is 3.96. The van der Waals surface area contributed by atoms with Crippen molar-refractivity contribution >= 4 is 44.8 Å². The largest absolute Gasteiger partial charge is 0.459 e. The fourth-order valence-corrected chi connectivity index (χ4v) is 2.46. The zero-order valence-electron chi connectivity index (χ0n) is 7.71. The van der Waals surface area contributed by atoms with E-state index in [-0.39, 0.29) is 12.1 Å². The summed E-state index contributed by atoms with van der Waals surface area (Å²) in [4.78, 5) is 16.0. The Bertz CT molecular complexity index is 340. The highest BCUT2D eigenvalue weighted by molar-refractivity contribution is 9.08. The highest BCUT2D eigenvalue weighted by atomic mass is 79.9. The average molecular weight is 299 g/mol. The molecule has 0 saturated heterocycles. The first-order valence-corrected chi connectivity index (χ1v) is 6.28. The molecule has 1 aromatic heterocycles. The summed E-state index contributed by atoms with van der Waals surface area (Å²) in [6.07, 6.45) is -0.133. The van der Waals surface area contributed by atoms with Crippen molar-refractivity contribution in [3.8, 4) is 0 Å². The van der Waals surface area contributed by atoms with Gasteiger partial charge in [-0.05, 0) is 13.8 Å². The van der Waals surface area contributed by atoms with Gasteiger partial charge in [-0.2, -0.15) is 0 Å². The van der Waals surface area contributed by atoms with Gasteiger partial charge in [0.15, 0.2) is 4.47 Å². The van der Waals surface area contributed by atoms with E-state index in [1.807, 2.05) is 0 Å². The van der Waals surface area contributed by atoms with Gasteiger partial charge in [0, 0.05) is 5.33 Å². The molecule has 0 amide bonds. The predicted molar refractivity (Wildman–Crippen MR) is 60.3 cm³/mol. The van der Waals surface area contributed by atoms with Gasteiger partial charge in [-0.25, -0.2) is 9.78 Å². The lowest BCUT2D eigenvalue weighted by Crippen LogP contribution is -2.11. The predicted octanol–water partition coefficient (Wildman–Crippen LogP) is 3.26. The molecule has 0 aliphatic carbocycles. The van der Waals surface area contributed by atoms with Crippen molar-refractivity contribution in [3.05, 3.63) is 15.0 Å². The van der Waals surface area contributed by atoms with Gasteiger partial charge < -0.3 is 4.74 Å². The number of aromatic nitrogens is 1. The fraction of sp³-hybridized carbons (Fsp3) is 0.500. The Kier molecular flexibility index (Phi) is 4.34. The lowest BCUT2D eigenvalue weighted by molar-refractivity contribution is 0.0382. The minimum absolute atomic E-state index is 0.133. The second-order valence-corrected chi connectivity index (χ2v) is 4.97. The van der Waals surface area contributed by atoms with Gasteiger partial charge in [0.1, 0.15) is 4.88 Å². The van der Waals surface area contributed by atoms with Gasteiger partial charge in [-0.15, -0.1) is 0 Å². The molecule has 1 heterocycles. The summed E-state index contributed by atoms with van der Waals surface area (Å²) in [5, 5.41) is 0.499. The molecule has 0 aliphatic heterocycles. The van der Waals surface area contributed by atoms with E-state index in [4.69, 9.17) is 16.3 Å². The molecule has 0 atom stereocenters. The molecule has 3 nitrogen and oxygen atoms in total. The lowest BCUT2D eigenvalue weighted by atomic mass is 10.4. The first kappa shape index (κ1) is 11.9. The van der Waals surface area contributed by atoms with Crippen LogP contribution >= 0.6 is 38.9 Å². The van der Waals surface area contributed by atoms with Crippen LogP contribution in [0.4, 0.5) is 0 Å². The number of carbonyl (C=O) groups is 1. The smallest absolute Gasteiger partial charge is 0.350 e. The van der Waals surface area contributed by atoms with E-state index in [2.05, 4.69) is 20.9 Å². The van der Waals surface area contributed by atoms with Crippen LogP contribution in [0.1, 0.15) is 29.2 Å². The summed E-state index contributed by atoms with van der Waals surface area (Å²) < 4.78 is 5.40. The van der Waals surface area contributed by atoms with E-state index in [1.165, 1.54) is 0 Å². The molecule has 1 aromatic rings. The molecular weight excluding hydrogens is 290 g/mol. The second kappa shape index (κ2) is 5.09. The number of thiazole rings is 1. The summed E-state index contributed by atoms with van der Waals surface area (Å²) >= 11 is 10.1. The SMILES string of the molecule is CC(C)OC(=O)c1sc(Cl)nc1CBr. The standard InChI is InChI=1S/C8H9BrClNO2S/c1-4(2)13-7(12)6-5(3-9)11-8(10)14-6/h4H,3H2,1-2H3. The van der Waals surface area contributed by atoms with Crippen LogP contribution in [0, 0.1) is 0 Å². The molecule has 0 radical (unpaired) electrons. The Labute approximate surface area is 99.6 Å². The van der Waals surface area contributed by atoms with Gasteiger partial charge in [0.2, 0.25) is 0 Å². The van der Waals surface area contributed by atoms with Crippen LogP contribution < -0.4 is 0 Å². The molecule has 0 unspecified atom stereocenters. The van der Waals surface area contributed by atoms with Crippen LogP contribution in [0.25, 0.3) is 0 Å². The normalized spacial score (nSPS) is 10.6. The Balaban J connectivity index is 2.88. The summed E-state index contributed by atoms with van der Waals surface area (Å²) in [5.74, 6) is -0.362. The topological polar surface area (TPSA) is 39.2 Å². The maximum atomic E-state index is 11.5. The van der Waals surface area contributed by atoms with Crippen molar-refractivity contribution in [3.63, 3.8) is 0 Å². The average Bonchev–Trinajstić information content (AvgIpc) is 2.45. The van der Waals surface area contributed by atoms with Crippen molar-refractivity contribution in [2.45, 2.75) is 25.3 Å². The maximum absolute atomic E-state index is 11.5. The van der Waals surface area contributed by atoms with Crippen molar-refractivity contribution in [2.24, 2.45) is 0 Å². The molecular formula is C8H9BrClNO2S. The maximum Gasteiger partial charge on any atom is 0.350 e. The summed E-state index contributed by atoms with van der Waals surface area (Å²) in [7, 11) is 0. The number of halogens is 2. The number of nitrogens with zero attached hydrogens (tertiary/aromatic N) is 1. The molecule has 0 aromatic carbocycles. The molecule has 14 heavy (non-hydrogen) atoms. The third kappa shape index (κ3) is 2.93. The number of carbonyl (C=O) groups excluding carboxylic acids is 1. The van der Waals surface area contributed by atoms with Crippen molar-refractivity contribution in [1.82, 2.24) is 4.98 Å². The molecule has 0 fully saturated rings. The molecule has 0 N–H and O–H groups in total. The number of hydrogen-bond donors (Lipinski definition) is 0. The van der Waals surface area contributed by atoms with Crippen molar-refractivity contribution in [2.75, 3.05) is 0 Å². The van der Waals surface area contributed by atoms with Crippen LogP contribution in [0.15, 0.2) is 0 Å². The zero-order valence-corrected chi connectivity index (χ0v) is 10.9. The van der Waals surface area contributed by atoms with Gasteiger partial charge in [-0.1, -0.05) is 38.9 Å². The number of esters is 1. The van der Waals surface area contributed by atoms with E-state index in [0.717, 1.165) is 11.3 Å². The Hall–Kier alpha value is -0.130. The zero-order chi connectivity index (χ0) is 10.7. The monoisotopic (exact) mass is 297 g/mol. The number of alkyl halides is 1. The van der Waals surface area contributed by atoms with Crippen LogP contribution in [0.3, 0.4) is 0 Å². The van der Waals surface area contributed by atoms with E-state index in [0.29, 0.717) is 20.4 Å². The number of ether oxygens (including phenoxy) is 1. The minimum atomic E-state index is -0.362. The quantitative estimate of drug-likeness (QED) is 0.635. The highest BCUT2D eigenvalue weighted by Gasteiger charge is 2.18. The number of rotatable bonds is 3. The Morgan fingerprint density at radius 3 is 2.86 bits per heavy atom. The van der Waals surface area contributed by atoms with Gasteiger partial charge in [0.05, 0.1) is 11.8 Å². The lowest BCUT2D eigenvalue weighted by Gasteiger charge is -2.06. The molecule has 1 rings (SSSR count). The van der Waals surface area contributed by atoms with Gasteiger partial charge in [0.25, 0.3) is 0 Å². The van der Waals surface area contributed by atoms with Gasteiger partial charge in [-0.3, -0.25) is 0 Å². The first-order chi connectivity index (χ1) is 6.54. The van der Waals surface area contributed by atoms with Gasteiger partial charge >= 0.3 is 5.97 Å². The highest BCUT2D eigenvalue weighted by Crippen LogP contribution is 2.25. The van der Waals surface area contributed by atoms with Crippen molar-refractivity contribution in [1.29, 1.82) is 0 Å². The van der Waals surface area contributed by atoms with E-state index in [9.17, 15) is 4.79 Å². The third-order valence-corrected chi connectivity index (χ3v) is 3.04. The van der Waals surface area contributed by atoms with E-state index >= 15 is 0 Å². The molecule has 0 spiro atoms. The fourth-order valence-electron chi connectivity index (χ4n) is 0.840. The summed E-state index contributed by atoms with van der Waals surface area (Å²) in [6.45, 7) is 3.60. The van der Waals surface area contributed by atoms with Crippen LogP contribution in [-0.2, 0) is 10.1 Å². The molecule has 0 bridgehead atoms.